The molecule has 2 aliphatic heterocycles. The molecular formula is C16H17ClN4O6S. The average molecular weight is 429 g/mol. The van der Waals surface area contributed by atoms with Gasteiger partial charge in [-0.2, -0.15) is 5.10 Å². The first-order valence-electron chi connectivity index (χ1n) is 8.21. The van der Waals surface area contributed by atoms with Crippen LogP contribution in [0.25, 0.3) is 0 Å². The molecule has 2 amide bonds. The third kappa shape index (κ3) is 3.72. The minimum Gasteiger partial charge on any atom is -0.477 e. The van der Waals surface area contributed by atoms with Crippen molar-refractivity contribution in [2.45, 2.75) is 31.8 Å². The number of rotatable bonds is 6. The van der Waals surface area contributed by atoms with Crippen LogP contribution in [0.5, 0.6) is 0 Å². The van der Waals surface area contributed by atoms with Crippen LogP contribution in [0.3, 0.4) is 0 Å². The molecule has 1 aromatic heterocycles. The predicted molar refractivity (Wildman–Crippen MR) is 98.3 cm³/mol. The molecule has 0 bridgehead atoms. The van der Waals surface area contributed by atoms with E-state index in [1.807, 2.05) is 0 Å². The first kappa shape index (κ1) is 20.2. The fourth-order valence-electron chi connectivity index (χ4n) is 2.92. The van der Waals surface area contributed by atoms with Gasteiger partial charge >= 0.3 is 11.9 Å². The highest BCUT2D eigenvalue weighted by Gasteiger charge is 2.54. The minimum atomic E-state index is -1.28. The topological polar surface area (TPSA) is 131 Å². The first-order chi connectivity index (χ1) is 13.2. The molecule has 0 unspecified atom stereocenters. The Hall–Kier alpha value is -2.53. The number of carbonyl (C=O) groups excluding carboxylic acids is 3. The highest BCUT2D eigenvalue weighted by molar-refractivity contribution is 8.00. The smallest absolute Gasteiger partial charge is 0.352 e. The number of hydrogen-bond donors (Lipinski definition) is 2. The molecule has 0 saturated carbocycles. The van der Waals surface area contributed by atoms with E-state index < -0.39 is 35.2 Å². The van der Waals surface area contributed by atoms with Crippen molar-refractivity contribution in [3.05, 3.63) is 28.2 Å². The molecule has 2 N–H and O–H groups in total. The molecule has 0 spiro atoms. The molecule has 10 nitrogen and oxygen atoms in total. The Kier molecular flexibility index (Phi) is 5.66. The lowest BCUT2D eigenvalue weighted by molar-refractivity contribution is -0.151. The second-order valence-electron chi connectivity index (χ2n) is 6.23. The van der Waals surface area contributed by atoms with Gasteiger partial charge < -0.3 is 15.2 Å². The number of nitrogens with one attached hydrogen (secondary N) is 1. The zero-order valence-electron chi connectivity index (χ0n) is 15.0. The Morgan fingerprint density at radius 1 is 1.46 bits per heavy atom. The van der Waals surface area contributed by atoms with Crippen molar-refractivity contribution in [2.24, 2.45) is 0 Å². The maximum atomic E-state index is 12.5. The number of thioether (sulfide) groups is 1. The molecule has 3 rings (SSSR count). The van der Waals surface area contributed by atoms with E-state index in [1.54, 1.807) is 6.92 Å². The summed E-state index contributed by atoms with van der Waals surface area (Å²) in [6.07, 6.45) is 1.42. The number of aromatic nitrogens is 2. The van der Waals surface area contributed by atoms with E-state index in [-0.39, 0.29) is 24.6 Å². The van der Waals surface area contributed by atoms with E-state index in [2.05, 4.69) is 10.4 Å². The summed E-state index contributed by atoms with van der Waals surface area (Å²) in [6, 6.07) is -0.839. The quantitative estimate of drug-likeness (QED) is 0.483. The van der Waals surface area contributed by atoms with Gasteiger partial charge in [0.1, 0.15) is 30.3 Å². The van der Waals surface area contributed by atoms with Crippen LogP contribution in [0.4, 0.5) is 0 Å². The lowest BCUT2D eigenvalue weighted by atomic mass is 10.0. The number of β-lactam (4-membered cyclic amide) rings is 1. The zero-order valence-corrected chi connectivity index (χ0v) is 16.5. The molecule has 150 valence electrons. The summed E-state index contributed by atoms with van der Waals surface area (Å²) in [5.74, 6) is -2.53. The number of esters is 1. The predicted octanol–water partition coefficient (Wildman–Crippen LogP) is 0.147. The number of amides is 2. The Morgan fingerprint density at radius 2 is 2.18 bits per heavy atom. The van der Waals surface area contributed by atoms with Gasteiger partial charge in [0.15, 0.2) is 0 Å². The number of nitrogens with zero attached hydrogens (tertiary/aromatic N) is 3. The standard InChI is InChI=1S/C16H17ClN4O6S/c1-7-10(17)3-18-20(7)4-11(23)19-12-14(24)21-13(16(25)26)9(5-27-8(2)22)6-28-15(12)21/h3,12,15H,4-6H2,1-2H3,(H,19,23)(H,25,26)/t12-,15-/m0/s1. The third-order valence-electron chi connectivity index (χ3n) is 4.35. The highest BCUT2D eigenvalue weighted by atomic mass is 35.5. The average Bonchev–Trinajstić information content (AvgIpc) is 2.95. The van der Waals surface area contributed by atoms with E-state index in [9.17, 15) is 24.3 Å². The van der Waals surface area contributed by atoms with Crippen LogP contribution < -0.4 is 5.32 Å². The molecule has 2 atom stereocenters. The maximum Gasteiger partial charge on any atom is 0.352 e. The number of carboxylic acid groups (broad SMARTS) is 1. The number of carboxylic acids is 1. The van der Waals surface area contributed by atoms with Gasteiger partial charge in [-0.15, -0.1) is 11.8 Å². The van der Waals surface area contributed by atoms with Crippen LogP contribution in [0.15, 0.2) is 17.5 Å². The third-order valence-corrected chi connectivity index (χ3v) is 6.06. The van der Waals surface area contributed by atoms with E-state index in [1.165, 1.54) is 29.6 Å². The minimum absolute atomic E-state index is 0.112. The fourth-order valence-corrected chi connectivity index (χ4v) is 4.39. The summed E-state index contributed by atoms with van der Waals surface area (Å²) in [6.45, 7) is 2.62. The second kappa shape index (κ2) is 7.84. The first-order valence-corrected chi connectivity index (χ1v) is 9.64. The van der Waals surface area contributed by atoms with Gasteiger partial charge in [0.05, 0.1) is 16.9 Å². The summed E-state index contributed by atoms with van der Waals surface area (Å²) in [5.41, 5.74) is 0.760. The van der Waals surface area contributed by atoms with Crippen LogP contribution in [0, 0.1) is 6.92 Å². The van der Waals surface area contributed by atoms with Crippen LogP contribution in [-0.4, -0.2) is 67.3 Å². The molecule has 0 aromatic carbocycles. The number of aliphatic carboxylic acids is 1. The molecule has 0 radical (unpaired) electrons. The van der Waals surface area contributed by atoms with Gasteiger partial charge in [-0.1, -0.05) is 11.6 Å². The van der Waals surface area contributed by atoms with E-state index in [4.69, 9.17) is 16.3 Å². The van der Waals surface area contributed by atoms with Gasteiger partial charge in [-0.25, -0.2) is 4.79 Å². The molecule has 28 heavy (non-hydrogen) atoms. The number of fused-ring (bicyclic) bond motifs is 1. The number of hydrogen-bond acceptors (Lipinski definition) is 7. The maximum absolute atomic E-state index is 12.5. The Labute approximate surface area is 168 Å². The van der Waals surface area contributed by atoms with Crippen LogP contribution >= 0.6 is 23.4 Å². The van der Waals surface area contributed by atoms with Gasteiger partial charge in [0.25, 0.3) is 5.91 Å². The lowest BCUT2D eigenvalue weighted by Gasteiger charge is -2.49. The van der Waals surface area contributed by atoms with Crippen LogP contribution in [-0.2, 0) is 30.5 Å². The second-order valence-corrected chi connectivity index (χ2v) is 7.74. The van der Waals surface area contributed by atoms with E-state index >= 15 is 0 Å². The summed E-state index contributed by atoms with van der Waals surface area (Å²) in [4.78, 5) is 48.5. The molecule has 12 heteroatoms. The van der Waals surface area contributed by atoms with Crippen molar-refractivity contribution in [1.29, 1.82) is 0 Å². The fraction of sp³-hybridized carbons (Fsp3) is 0.438. The Balaban J connectivity index is 1.69. The van der Waals surface area contributed by atoms with Crippen molar-refractivity contribution < 1.29 is 29.0 Å². The summed E-state index contributed by atoms with van der Waals surface area (Å²) >= 11 is 7.20. The van der Waals surface area contributed by atoms with Gasteiger partial charge in [-0.05, 0) is 6.92 Å². The normalized spacial score (nSPS) is 21.1. The lowest BCUT2D eigenvalue weighted by Crippen LogP contribution is -2.70. The summed E-state index contributed by atoms with van der Waals surface area (Å²) in [7, 11) is 0. The molecule has 1 saturated heterocycles. The SMILES string of the molecule is CC(=O)OCC1=C(C(=O)O)N2C(=O)[C@H](NC(=O)Cn3ncc(Cl)c3C)[C@@H]2SC1. The van der Waals surface area contributed by atoms with Crippen molar-refractivity contribution >= 4 is 47.1 Å². The van der Waals surface area contributed by atoms with Gasteiger partial charge in [0.2, 0.25) is 5.91 Å². The highest BCUT2D eigenvalue weighted by Crippen LogP contribution is 2.40. The summed E-state index contributed by atoms with van der Waals surface area (Å²) in [5, 5.41) is 16.0. The Bertz CT molecular complexity index is 898. The van der Waals surface area contributed by atoms with Gasteiger partial charge in [-0.3, -0.25) is 24.0 Å². The largest absolute Gasteiger partial charge is 0.477 e. The van der Waals surface area contributed by atoms with Gasteiger partial charge in [0, 0.05) is 18.2 Å². The molecular weight excluding hydrogens is 412 g/mol. The Morgan fingerprint density at radius 3 is 2.75 bits per heavy atom. The number of ether oxygens (including phenoxy) is 1. The molecule has 2 aliphatic rings. The monoisotopic (exact) mass is 428 g/mol. The van der Waals surface area contributed by atoms with E-state index in [0.29, 0.717) is 16.3 Å². The number of halogens is 1. The van der Waals surface area contributed by atoms with Crippen molar-refractivity contribution in [2.75, 3.05) is 12.4 Å². The summed E-state index contributed by atoms with van der Waals surface area (Å²) < 4.78 is 6.28. The van der Waals surface area contributed by atoms with E-state index in [0.717, 1.165) is 4.90 Å². The molecule has 1 aromatic rings. The van der Waals surface area contributed by atoms with Crippen molar-refractivity contribution in [1.82, 2.24) is 20.0 Å². The molecule has 3 heterocycles. The van der Waals surface area contributed by atoms with Crippen molar-refractivity contribution in [3.63, 3.8) is 0 Å². The molecule has 1 fully saturated rings. The van der Waals surface area contributed by atoms with Crippen molar-refractivity contribution in [3.8, 4) is 0 Å². The zero-order chi connectivity index (χ0) is 20.6. The molecule has 0 aliphatic carbocycles. The van der Waals surface area contributed by atoms with Crippen LogP contribution in [0.2, 0.25) is 5.02 Å². The number of carbonyl (C=O) groups is 4. The van der Waals surface area contributed by atoms with Crippen LogP contribution in [0.1, 0.15) is 12.6 Å².